The summed E-state index contributed by atoms with van der Waals surface area (Å²) < 4.78 is 16.9. The van der Waals surface area contributed by atoms with Gasteiger partial charge in [-0.3, -0.25) is 14.4 Å². The maximum atomic E-state index is 12.9. The van der Waals surface area contributed by atoms with E-state index in [1.807, 2.05) is 0 Å². The van der Waals surface area contributed by atoms with Crippen molar-refractivity contribution in [1.29, 1.82) is 0 Å². The zero-order valence-corrected chi connectivity index (χ0v) is 52.9. The maximum absolute atomic E-state index is 12.9. The van der Waals surface area contributed by atoms with E-state index in [9.17, 15) is 14.4 Å². The van der Waals surface area contributed by atoms with Crippen molar-refractivity contribution < 1.29 is 28.6 Å². The summed E-state index contributed by atoms with van der Waals surface area (Å²) in [5, 5.41) is 0. The van der Waals surface area contributed by atoms with E-state index in [1.54, 1.807) is 0 Å². The van der Waals surface area contributed by atoms with Gasteiger partial charge in [-0.15, -0.1) is 0 Å². The van der Waals surface area contributed by atoms with E-state index in [1.165, 1.54) is 250 Å². The molecule has 0 rings (SSSR count). The summed E-state index contributed by atoms with van der Waals surface area (Å²) in [6, 6.07) is 0. The number of carbonyl (C=O) groups is 3. The molecule has 79 heavy (non-hydrogen) atoms. The molecule has 0 aromatic carbocycles. The Morgan fingerprint density at radius 2 is 0.456 bits per heavy atom. The summed E-state index contributed by atoms with van der Waals surface area (Å²) in [5.41, 5.74) is 0. The summed E-state index contributed by atoms with van der Waals surface area (Å²) in [6.07, 6.45) is 86.9. The lowest BCUT2D eigenvalue weighted by Gasteiger charge is -2.18. The SMILES string of the molecule is CCCCCCC/C=C\C/C=C\C/C=C\CCCCCCCCCCCCCCCCCCC(=O)OCC(COC(=O)CCCCCCCCCCC)OC(=O)CCCCCCCCCCC/C=C\C/C=C\CCCCCCC. The van der Waals surface area contributed by atoms with E-state index in [0.717, 1.165) is 77.0 Å². The number of carbonyl (C=O) groups excluding carboxylic acids is 3. The Morgan fingerprint density at radius 3 is 0.709 bits per heavy atom. The molecule has 0 amide bonds. The lowest BCUT2D eigenvalue weighted by atomic mass is 10.0. The zero-order valence-electron chi connectivity index (χ0n) is 52.9. The number of ether oxygens (including phenoxy) is 3. The Labute approximate surface area is 491 Å². The highest BCUT2D eigenvalue weighted by molar-refractivity contribution is 5.71. The second-order valence-electron chi connectivity index (χ2n) is 23.4. The van der Waals surface area contributed by atoms with Gasteiger partial charge in [-0.2, -0.15) is 0 Å². The van der Waals surface area contributed by atoms with Crippen LogP contribution in [0.25, 0.3) is 0 Å². The highest BCUT2D eigenvalue weighted by Gasteiger charge is 2.19. The molecule has 0 aromatic rings. The predicted molar refractivity (Wildman–Crippen MR) is 344 cm³/mol. The van der Waals surface area contributed by atoms with Crippen molar-refractivity contribution in [2.45, 2.75) is 374 Å². The molecule has 0 saturated heterocycles. The summed E-state index contributed by atoms with van der Waals surface area (Å²) in [4.78, 5) is 38.3. The van der Waals surface area contributed by atoms with Gasteiger partial charge in [0.05, 0.1) is 0 Å². The second-order valence-corrected chi connectivity index (χ2v) is 23.4. The highest BCUT2D eigenvalue weighted by atomic mass is 16.6. The quantitative estimate of drug-likeness (QED) is 0.0261. The van der Waals surface area contributed by atoms with Crippen molar-refractivity contribution in [2.24, 2.45) is 0 Å². The third-order valence-electron chi connectivity index (χ3n) is 15.5. The van der Waals surface area contributed by atoms with Gasteiger partial charge in [-0.25, -0.2) is 0 Å². The van der Waals surface area contributed by atoms with Gasteiger partial charge in [0.25, 0.3) is 0 Å². The van der Waals surface area contributed by atoms with Gasteiger partial charge >= 0.3 is 17.9 Å². The monoisotopic (exact) mass is 1110 g/mol. The first-order valence-electron chi connectivity index (χ1n) is 34.8. The summed E-state index contributed by atoms with van der Waals surface area (Å²) in [7, 11) is 0. The van der Waals surface area contributed by atoms with Crippen molar-refractivity contribution >= 4 is 17.9 Å². The normalized spacial score (nSPS) is 12.4. The molecule has 0 fully saturated rings. The predicted octanol–water partition coefficient (Wildman–Crippen LogP) is 23.9. The van der Waals surface area contributed by atoms with Crippen molar-refractivity contribution in [3.05, 3.63) is 60.8 Å². The van der Waals surface area contributed by atoms with E-state index >= 15 is 0 Å². The lowest BCUT2D eigenvalue weighted by molar-refractivity contribution is -0.167. The van der Waals surface area contributed by atoms with Crippen molar-refractivity contribution in [2.75, 3.05) is 13.2 Å². The summed E-state index contributed by atoms with van der Waals surface area (Å²) >= 11 is 0. The minimum atomic E-state index is -0.774. The number of esters is 3. The van der Waals surface area contributed by atoms with E-state index in [4.69, 9.17) is 14.2 Å². The minimum Gasteiger partial charge on any atom is -0.462 e. The smallest absolute Gasteiger partial charge is 0.306 e. The average Bonchev–Trinajstić information content (AvgIpc) is 3.45. The fourth-order valence-electron chi connectivity index (χ4n) is 10.2. The molecule has 0 aliphatic heterocycles. The van der Waals surface area contributed by atoms with E-state index in [0.29, 0.717) is 19.3 Å². The van der Waals surface area contributed by atoms with Crippen LogP contribution in [-0.4, -0.2) is 37.2 Å². The number of hydrogen-bond donors (Lipinski definition) is 0. The first kappa shape index (κ1) is 76.1. The summed E-state index contributed by atoms with van der Waals surface area (Å²) in [5.74, 6) is -0.858. The van der Waals surface area contributed by atoms with E-state index < -0.39 is 6.10 Å². The second kappa shape index (κ2) is 67.6. The van der Waals surface area contributed by atoms with Crippen LogP contribution in [0.3, 0.4) is 0 Å². The third-order valence-corrected chi connectivity index (χ3v) is 15.5. The molecule has 6 heteroatoms. The molecule has 0 aliphatic rings. The Hall–Kier alpha value is -2.89. The van der Waals surface area contributed by atoms with Crippen LogP contribution in [0.4, 0.5) is 0 Å². The average molecular weight is 1110 g/mol. The van der Waals surface area contributed by atoms with Crippen LogP contribution in [0, 0.1) is 0 Å². The number of unbranched alkanes of at least 4 members (excludes halogenated alkanes) is 43. The van der Waals surface area contributed by atoms with Gasteiger partial charge in [0, 0.05) is 19.3 Å². The van der Waals surface area contributed by atoms with Crippen LogP contribution in [-0.2, 0) is 28.6 Å². The van der Waals surface area contributed by atoms with Crippen molar-refractivity contribution in [1.82, 2.24) is 0 Å². The van der Waals surface area contributed by atoms with Crippen LogP contribution >= 0.6 is 0 Å². The number of hydrogen-bond acceptors (Lipinski definition) is 6. The molecule has 0 N–H and O–H groups in total. The minimum absolute atomic E-state index is 0.0717. The molecule has 1 unspecified atom stereocenters. The summed E-state index contributed by atoms with van der Waals surface area (Å²) in [6.45, 7) is 6.64. The Kier molecular flexibility index (Phi) is 65.1. The molecule has 0 bridgehead atoms. The van der Waals surface area contributed by atoms with Crippen LogP contribution in [0.2, 0.25) is 0 Å². The van der Waals surface area contributed by atoms with Gasteiger partial charge in [0.2, 0.25) is 0 Å². The van der Waals surface area contributed by atoms with Gasteiger partial charge < -0.3 is 14.2 Å². The van der Waals surface area contributed by atoms with Gasteiger partial charge in [0.15, 0.2) is 6.10 Å². The molecule has 0 spiro atoms. The first-order valence-corrected chi connectivity index (χ1v) is 34.8. The van der Waals surface area contributed by atoms with E-state index in [2.05, 4.69) is 81.5 Å². The first-order chi connectivity index (χ1) is 39.0. The molecule has 6 nitrogen and oxygen atoms in total. The Balaban J connectivity index is 4.11. The molecular formula is C73H132O6. The molecule has 0 saturated carbocycles. The molecule has 0 radical (unpaired) electrons. The Morgan fingerprint density at radius 1 is 0.253 bits per heavy atom. The fraction of sp³-hybridized carbons (Fsp3) is 0.822. The Bertz CT molecular complexity index is 1410. The molecule has 0 heterocycles. The lowest BCUT2D eigenvalue weighted by Crippen LogP contribution is -2.30. The largest absolute Gasteiger partial charge is 0.462 e. The number of rotatable bonds is 64. The standard InChI is InChI=1S/C73H132O6/c1-4-7-10-13-16-19-21-23-25-27-29-31-32-33-34-35-36-37-38-39-40-42-43-45-47-49-51-54-57-60-63-66-72(75)78-69-70(68-77-71(74)65-62-59-56-53-18-15-12-9-6-3)79-73(76)67-64-61-58-55-52-50-48-46-44-41-30-28-26-24-22-20-17-14-11-8-5-2/h21-24,27-30,32-33,70H,4-20,25-26,31,34-69H2,1-3H3/b23-21-,24-22-,29-27-,30-28-,33-32-. The molecule has 1 atom stereocenters. The van der Waals surface area contributed by atoms with Crippen LogP contribution in [0.5, 0.6) is 0 Å². The van der Waals surface area contributed by atoms with Crippen molar-refractivity contribution in [3.63, 3.8) is 0 Å². The molecule has 460 valence electrons. The number of allylic oxidation sites excluding steroid dienone is 10. The highest BCUT2D eigenvalue weighted by Crippen LogP contribution is 2.17. The zero-order chi connectivity index (χ0) is 57.1. The fourth-order valence-corrected chi connectivity index (χ4v) is 10.2. The van der Waals surface area contributed by atoms with Crippen LogP contribution < -0.4 is 0 Å². The van der Waals surface area contributed by atoms with Crippen LogP contribution in [0.15, 0.2) is 60.8 Å². The van der Waals surface area contributed by atoms with Gasteiger partial charge in [-0.1, -0.05) is 319 Å². The maximum Gasteiger partial charge on any atom is 0.306 e. The molecule has 0 aliphatic carbocycles. The molecule has 0 aromatic heterocycles. The topological polar surface area (TPSA) is 78.9 Å². The third kappa shape index (κ3) is 65.8. The van der Waals surface area contributed by atoms with Gasteiger partial charge in [-0.05, 0) is 89.9 Å². The molecular weight excluding hydrogens is 973 g/mol. The van der Waals surface area contributed by atoms with Crippen LogP contribution in [0.1, 0.15) is 367 Å². The van der Waals surface area contributed by atoms with Crippen molar-refractivity contribution in [3.8, 4) is 0 Å². The van der Waals surface area contributed by atoms with E-state index in [-0.39, 0.29) is 31.1 Å². The van der Waals surface area contributed by atoms with Gasteiger partial charge in [0.1, 0.15) is 13.2 Å².